The van der Waals surface area contributed by atoms with Crippen molar-refractivity contribution in [1.82, 2.24) is 4.98 Å². The van der Waals surface area contributed by atoms with Gasteiger partial charge in [-0.25, -0.2) is 9.78 Å². The molecule has 9 heteroatoms. The lowest BCUT2D eigenvalue weighted by Gasteiger charge is -2.09. The quantitative estimate of drug-likeness (QED) is 0.644. The van der Waals surface area contributed by atoms with Crippen molar-refractivity contribution < 1.29 is 19.6 Å². The number of nitrogens with zero attached hydrogens (tertiary/aromatic N) is 2. The number of hydrogen-bond acceptors (Lipinski definition) is 5. The van der Waals surface area contributed by atoms with Crippen LogP contribution in [0.1, 0.15) is 10.4 Å². The molecule has 0 unspecified atom stereocenters. The van der Waals surface area contributed by atoms with E-state index in [9.17, 15) is 14.9 Å². The van der Waals surface area contributed by atoms with Crippen molar-refractivity contribution in [3.8, 4) is 11.6 Å². The first-order chi connectivity index (χ1) is 9.88. The number of benzene rings is 1. The van der Waals surface area contributed by atoms with E-state index in [0.717, 1.165) is 6.07 Å². The second kappa shape index (κ2) is 6.06. The van der Waals surface area contributed by atoms with E-state index in [1.54, 1.807) is 0 Å². The fourth-order valence-electron chi connectivity index (χ4n) is 1.45. The molecular formula is C12H6BrClN2O5. The van der Waals surface area contributed by atoms with Crippen molar-refractivity contribution >= 4 is 39.2 Å². The van der Waals surface area contributed by atoms with E-state index in [2.05, 4.69) is 20.9 Å². The molecule has 0 saturated heterocycles. The lowest BCUT2D eigenvalue weighted by molar-refractivity contribution is -0.384. The SMILES string of the molecule is O=C(O)c1cc(Br)cnc1Oc1cc([N+](=O)[O-])ccc1Cl. The summed E-state index contributed by atoms with van der Waals surface area (Å²) in [5.74, 6) is -1.52. The maximum Gasteiger partial charge on any atom is 0.341 e. The molecule has 0 aliphatic heterocycles. The predicted octanol–water partition coefficient (Wildman–Crippen LogP) is 3.90. The molecule has 7 nitrogen and oxygen atoms in total. The highest BCUT2D eigenvalue weighted by Gasteiger charge is 2.17. The Balaban J connectivity index is 2.45. The highest BCUT2D eigenvalue weighted by atomic mass is 79.9. The van der Waals surface area contributed by atoms with Crippen LogP contribution in [0.5, 0.6) is 11.6 Å². The number of carboxylic acids is 1. The second-order valence-corrected chi connectivity index (χ2v) is 5.11. The molecule has 0 spiro atoms. The third-order valence-corrected chi connectivity index (χ3v) is 3.13. The minimum atomic E-state index is -1.25. The predicted molar refractivity (Wildman–Crippen MR) is 77.1 cm³/mol. The molecule has 1 N–H and O–H groups in total. The first-order valence-corrected chi connectivity index (χ1v) is 6.56. The van der Waals surface area contributed by atoms with Gasteiger partial charge in [0.15, 0.2) is 5.75 Å². The maximum absolute atomic E-state index is 11.1. The van der Waals surface area contributed by atoms with E-state index >= 15 is 0 Å². The Morgan fingerprint density at radius 3 is 2.76 bits per heavy atom. The monoisotopic (exact) mass is 372 g/mol. The van der Waals surface area contributed by atoms with Crippen LogP contribution in [0.2, 0.25) is 5.02 Å². The number of nitro groups is 1. The third kappa shape index (κ3) is 3.47. The Morgan fingerprint density at radius 2 is 2.14 bits per heavy atom. The summed E-state index contributed by atoms with van der Waals surface area (Å²) in [4.78, 5) is 25.1. The number of halogens is 2. The van der Waals surface area contributed by atoms with E-state index in [1.165, 1.54) is 24.4 Å². The number of nitro benzene ring substituents is 1. The van der Waals surface area contributed by atoms with Crippen LogP contribution >= 0.6 is 27.5 Å². The van der Waals surface area contributed by atoms with E-state index in [1.807, 2.05) is 0 Å². The number of rotatable bonds is 4. The molecule has 0 aliphatic carbocycles. The molecule has 0 atom stereocenters. The Kier molecular flexibility index (Phi) is 4.39. The highest BCUT2D eigenvalue weighted by Crippen LogP contribution is 2.33. The number of aromatic nitrogens is 1. The molecular weight excluding hydrogens is 367 g/mol. The van der Waals surface area contributed by atoms with Crippen molar-refractivity contribution in [2.24, 2.45) is 0 Å². The number of aromatic carboxylic acids is 1. The van der Waals surface area contributed by atoms with Crippen molar-refractivity contribution in [3.05, 3.63) is 55.6 Å². The largest absolute Gasteiger partial charge is 0.477 e. The molecule has 0 aliphatic rings. The van der Waals surface area contributed by atoms with Gasteiger partial charge in [-0.1, -0.05) is 11.6 Å². The molecule has 1 aromatic carbocycles. The first kappa shape index (κ1) is 15.2. The molecule has 2 rings (SSSR count). The molecule has 108 valence electrons. The number of carboxylic acid groups (broad SMARTS) is 1. The summed E-state index contributed by atoms with van der Waals surface area (Å²) < 4.78 is 5.75. The summed E-state index contributed by atoms with van der Waals surface area (Å²) in [5, 5.41) is 19.9. The second-order valence-electron chi connectivity index (χ2n) is 3.79. The van der Waals surface area contributed by atoms with Crippen LogP contribution in [-0.2, 0) is 0 Å². The van der Waals surface area contributed by atoms with Crippen molar-refractivity contribution in [1.29, 1.82) is 0 Å². The van der Waals surface area contributed by atoms with Gasteiger partial charge in [0.1, 0.15) is 5.56 Å². The summed E-state index contributed by atoms with van der Waals surface area (Å²) in [7, 11) is 0. The van der Waals surface area contributed by atoms with Gasteiger partial charge in [-0.3, -0.25) is 10.1 Å². The average molecular weight is 374 g/mol. The topological polar surface area (TPSA) is 103 Å². The van der Waals surface area contributed by atoms with Gasteiger partial charge in [0, 0.05) is 16.7 Å². The molecule has 0 fully saturated rings. The number of pyridine rings is 1. The fourth-order valence-corrected chi connectivity index (χ4v) is 1.94. The Labute approximate surface area is 131 Å². The van der Waals surface area contributed by atoms with Gasteiger partial charge in [0.2, 0.25) is 5.88 Å². The van der Waals surface area contributed by atoms with E-state index in [-0.39, 0.29) is 27.9 Å². The summed E-state index contributed by atoms with van der Waals surface area (Å²) in [6.45, 7) is 0. The standard InChI is InChI=1S/C12H6BrClN2O5/c13-6-3-8(12(17)18)11(15-5-6)21-10-4-7(16(19)20)1-2-9(10)14/h1-5H,(H,17,18). The van der Waals surface area contributed by atoms with Crippen LogP contribution in [0.4, 0.5) is 5.69 Å². The Hall–Kier alpha value is -2.19. The van der Waals surface area contributed by atoms with Gasteiger partial charge in [-0.05, 0) is 28.1 Å². The van der Waals surface area contributed by atoms with Crippen molar-refractivity contribution in [3.63, 3.8) is 0 Å². The average Bonchev–Trinajstić information content (AvgIpc) is 2.42. The molecule has 1 heterocycles. The summed E-state index contributed by atoms with van der Waals surface area (Å²) >= 11 is 8.98. The number of hydrogen-bond donors (Lipinski definition) is 1. The van der Waals surface area contributed by atoms with Crippen molar-refractivity contribution in [2.75, 3.05) is 0 Å². The van der Waals surface area contributed by atoms with Gasteiger partial charge in [-0.15, -0.1) is 0 Å². The summed E-state index contributed by atoms with van der Waals surface area (Å²) in [5.41, 5.74) is -0.435. The third-order valence-electron chi connectivity index (χ3n) is 2.38. The minimum Gasteiger partial charge on any atom is -0.477 e. The maximum atomic E-state index is 11.1. The molecule has 2 aromatic rings. The van der Waals surface area contributed by atoms with Crippen LogP contribution < -0.4 is 4.74 Å². The first-order valence-electron chi connectivity index (χ1n) is 5.39. The summed E-state index contributed by atoms with van der Waals surface area (Å²) in [6.07, 6.45) is 1.34. The molecule has 0 saturated carbocycles. The zero-order valence-electron chi connectivity index (χ0n) is 10.1. The molecule has 21 heavy (non-hydrogen) atoms. The van der Waals surface area contributed by atoms with Crippen LogP contribution in [0.3, 0.4) is 0 Å². The van der Waals surface area contributed by atoms with Gasteiger partial charge < -0.3 is 9.84 Å². The van der Waals surface area contributed by atoms with E-state index in [4.69, 9.17) is 21.4 Å². The zero-order valence-corrected chi connectivity index (χ0v) is 12.5. The number of carbonyl (C=O) groups is 1. The minimum absolute atomic E-state index is 0.0526. The normalized spacial score (nSPS) is 10.2. The molecule has 0 bridgehead atoms. The number of non-ortho nitro benzene ring substituents is 1. The van der Waals surface area contributed by atoms with Crippen molar-refractivity contribution in [2.45, 2.75) is 0 Å². The van der Waals surface area contributed by atoms with Gasteiger partial charge >= 0.3 is 5.97 Å². The smallest absolute Gasteiger partial charge is 0.341 e. The van der Waals surface area contributed by atoms with Crippen LogP contribution in [0.25, 0.3) is 0 Å². The molecule has 0 radical (unpaired) electrons. The molecule has 1 aromatic heterocycles. The van der Waals surface area contributed by atoms with Crippen LogP contribution in [0, 0.1) is 10.1 Å². The van der Waals surface area contributed by atoms with E-state index < -0.39 is 10.9 Å². The van der Waals surface area contributed by atoms with Crippen LogP contribution in [0.15, 0.2) is 34.9 Å². The summed E-state index contributed by atoms with van der Waals surface area (Å²) in [6, 6.07) is 4.89. The van der Waals surface area contributed by atoms with Gasteiger partial charge in [0.05, 0.1) is 16.0 Å². The van der Waals surface area contributed by atoms with Gasteiger partial charge in [0.25, 0.3) is 5.69 Å². The number of ether oxygens (including phenoxy) is 1. The van der Waals surface area contributed by atoms with E-state index in [0.29, 0.717) is 4.47 Å². The lowest BCUT2D eigenvalue weighted by Crippen LogP contribution is -2.02. The Morgan fingerprint density at radius 1 is 1.43 bits per heavy atom. The van der Waals surface area contributed by atoms with Gasteiger partial charge in [-0.2, -0.15) is 0 Å². The van der Waals surface area contributed by atoms with Crippen LogP contribution in [-0.4, -0.2) is 21.0 Å². The fraction of sp³-hybridized carbons (Fsp3) is 0. The Bertz CT molecular complexity index is 738. The highest BCUT2D eigenvalue weighted by molar-refractivity contribution is 9.10. The molecule has 0 amide bonds. The lowest BCUT2D eigenvalue weighted by atomic mass is 10.2. The zero-order chi connectivity index (χ0) is 15.6.